The normalized spacial score (nSPS) is 10.4. The Morgan fingerprint density at radius 2 is 2.00 bits per heavy atom. The van der Waals surface area contributed by atoms with E-state index in [2.05, 4.69) is 22.4 Å². The van der Waals surface area contributed by atoms with Gasteiger partial charge in [0.1, 0.15) is 0 Å². The zero-order chi connectivity index (χ0) is 14.1. The zero-order valence-electron chi connectivity index (χ0n) is 10.5. The molecule has 0 atom stereocenters. The molecule has 106 valence electrons. The van der Waals surface area contributed by atoms with Crippen LogP contribution in [0.3, 0.4) is 0 Å². The topological polar surface area (TPSA) is 98.0 Å². The van der Waals surface area contributed by atoms with Crippen molar-refractivity contribution in [2.24, 2.45) is 5.73 Å². The van der Waals surface area contributed by atoms with Gasteiger partial charge >= 0.3 is 0 Å². The van der Waals surface area contributed by atoms with Gasteiger partial charge in [-0.05, 0) is 6.42 Å². The molecule has 0 spiro atoms. The molecule has 0 aliphatic carbocycles. The number of hydrogen-bond donors (Lipinski definition) is 2. The highest BCUT2D eigenvalue weighted by atomic mass is 32.2. The molecule has 1 rings (SSSR count). The largest absolute Gasteiger partial charge is 0.368 e. The maximum absolute atomic E-state index is 11.4. The van der Waals surface area contributed by atoms with Gasteiger partial charge in [-0.1, -0.05) is 48.2 Å². The Morgan fingerprint density at radius 3 is 2.63 bits per heavy atom. The van der Waals surface area contributed by atoms with Gasteiger partial charge in [0.05, 0.1) is 12.3 Å². The highest BCUT2D eigenvalue weighted by Crippen LogP contribution is 2.28. The van der Waals surface area contributed by atoms with E-state index in [-0.39, 0.29) is 18.2 Å². The van der Waals surface area contributed by atoms with Gasteiger partial charge in [-0.2, -0.15) is 0 Å². The summed E-state index contributed by atoms with van der Waals surface area (Å²) in [6.07, 6.45) is 2.32. The number of primary amides is 1. The van der Waals surface area contributed by atoms with Gasteiger partial charge in [0.25, 0.3) is 0 Å². The molecule has 19 heavy (non-hydrogen) atoms. The second-order valence-electron chi connectivity index (χ2n) is 3.57. The third-order valence-corrected chi connectivity index (χ3v) is 5.17. The van der Waals surface area contributed by atoms with Crippen molar-refractivity contribution in [1.82, 2.24) is 15.5 Å². The number of aromatic nitrogens is 2. The molecule has 0 unspecified atom stereocenters. The highest BCUT2D eigenvalue weighted by Gasteiger charge is 2.08. The van der Waals surface area contributed by atoms with Gasteiger partial charge in [0.15, 0.2) is 8.68 Å². The van der Waals surface area contributed by atoms with Crippen molar-refractivity contribution in [2.75, 3.05) is 18.1 Å². The van der Waals surface area contributed by atoms with Gasteiger partial charge in [-0.3, -0.25) is 9.59 Å². The van der Waals surface area contributed by atoms with Gasteiger partial charge in [0, 0.05) is 5.75 Å². The Morgan fingerprint density at radius 1 is 1.32 bits per heavy atom. The van der Waals surface area contributed by atoms with Crippen molar-refractivity contribution in [3.05, 3.63) is 0 Å². The number of carbonyl (C=O) groups is 2. The van der Waals surface area contributed by atoms with E-state index in [0.717, 1.165) is 27.3 Å². The van der Waals surface area contributed by atoms with Crippen LogP contribution in [0.5, 0.6) is 0 Å². The van der Waals surface area contributed by atoms with Crippen LogP contribution in [0.4, 0.5) is 0 Å². The number of nitrogens with one attached hydrogen (secondary N) is 1. The standard InChI is InChI=1S/C10H16N4O2S3/c1-2-3-4-17-9-13-14-10(19-9)18-6-8(16)12-5-7(11)15/h2-6H2,1H3,(H2,11,15)(H,12,16). The summed E-state index contributed by atoms with van der Waals surface area (Å²) < 4.78 is 1.68. The predicted molar refractivity (Wildman–Crippen MR) is 78.5 cm³/mol. The first kappa shape index (κ1) is 16.3. The SMILES string of the molecule is CCCCSc1nnc(SCC(=O)NCC(N)=O)s1. The molecule has 0 saturated carbocycles. The van der Waals surface area contributed by atoms with E-state index < -0.39 is 5.91 Å². The summed E-state index contributed by atoms with van der Waals surface area (Å²) in [4.78, 5) is 21.8. The molecule has 1 aromatic rings. The summed E-state index contributed by atoms with van der Waals surface area (Å²) in [5.74, 6) is 0.458. The second-order valence-corrected chi connectivity index (χ2v) is 7.11. The lowest BCUT2D eigenvalue weighted by molar-refractivity contribution is -0.123. The first-order valence-electron chi connectivity index (χ1n) is 5.76. The minimum absolute atomic E-state index is 0.131. The average molecular weight is 320 g/mol. The van der Waals surface area contributed by atoms with E-state index in [1.54, 1.807) is 11.8 Å². The molecular weight excluding hydrogens is 304 g/mol. The van der Waals surface area contributed by atoms with Gasteiger partial charge in [0.2, 0.25) is 11.8 Å². The summed E-state index contributed by atoms with van der Waals surface area (Å²) in [6.45, 7) is 2.01. The first-order chi connectivity index (χ1) is 9.11. The van der Waals surface area contributed by atoms with Gasteiger partial charge < -0.3 is 11.1 Å². The van der Waals surface area contributed by atoms with E-state index in [1.807, 2.05) is 0 Å². The van der Waals surface area contributed by atoms with E-state index in [9.17, 15) is 9.59 Å². The number of amides is 2. The molecule has 2 amide bonds. The van der Waals surface area contributed by atoms with Crippen LogP contribution in [-0.4, -0.2) is 40.1 Å². The van der Waals surface area contributed by atoms with Crippen LogP contribution >= 0.6 is 34.9 Å². The molecule has 9 heteroatoms. The van der Waals surface area contributed by atoms with E-state index in [0.29, 0.717) is 0 Å². The molecule has 1 aromatic heterocycles. The van der Waals surface area contributed by atoms with Crippen LogP contribution < -0.4 is 11.1 Å². The zero-order valence-corrected chi connectivity index (χ0v) is 13.0. The number of hydrogen-bond acceptors (Lipinski definition) is 7. The molecule has 3 N–H and O–H groups in total. The van der Waals surface area contributed by atoms with Crippen molar-refractivity contribution in [1.29, 1.82) is 0 Å². The molecule has 0 aliphatic heterocycles. The van der Waals surface area contributed by atoms with Crippen molar-refractivity contribution in [3.63, 3.8) is 0 Å². The van der Waals surface area contributed by atoms with Crippen LogP contribution in [0, 0.1) is 0 Å². The van der Waals surface area contributed by atoms with E-state index in [1.165, 1.54) is 23.1 Å². The molecule has 0 fully saturated rings. The Kier molecular flexibility index (Phi) is 7.84. The minimum atomic E-state index is -0.552. The predicted octanol–water partition coefficient (Wildman–Crippen LogP) is 1.12. The summed E-state index contributed by atoms with van der Waals surface area (Å²) in [5, 5.41) is 10.5. The quantitative estimate of drug-likeness (QED) is 0.523. The second kappa shape index (κ2) is 9.16. The fourth-order valence-corrected chi connectivity index (χ4v) is 3.99. The fraction of sp³-hybridized carbons (Fsp3) is 0.600. The average Bonchev–Trinajstić information content (AvgIpc) is 2.82. The number of unbranched alkanes of at least 4 members (excludes halogenated alkanes) is 1. The lowest BCUT2D eigenvalue weighted by Gasteiger charge is -1.99. The Hall–Kier alpha value is -0.800. The molecule has 0 aliphatic rings. The molecule has 0 aromatic carbocycles. The number of thioether (sulfide) groups is 2. The summed E-state index contributed by atoms with van der Waals surface area (Å²) >= 11 is 4.47. The maximum Gasteiger partial charge on any atom is 0.236 e. The maximum atomic E-state index is 11.4. The lowest BCUT2D eigenvalue weighted by atomic mass is 10.4. The molecule has 0 saturated heterocycles. The molecule has 0 bridgehead atoms. The van der Waals surface area contributed by atoms with Crippen LogP contribution in [-0.2, 0) is 9.59 Å². The van der Waals surface area contributed by atoms with Crippen molar-refractivity contribution >= 4 is 46.7 Å². The lowest BCUT2D eigenvalue weighted by Crippen LogP contribution is -2.34. The van der Waals surface area contributed by atoms with Gasteiger partial charge in [-0.15, -0.1) is 10.2 Å². The Bertz CT molecular complexity index is 425. The molecule has 0 radical (unpaired) electrons. The minimum Gasteiger partial charge on any atom is -0.368 e. The van der Waals surface area contributed by atoms with Gasteiger partial charge in [-0.25, -0.2) is 0 Å². The van der Waals surface area contributed by atoms with Crippen molar-refractivity contribution in [3.8, 4) is 0 Å². The number of carbonyl (C=O) groups excluding carboxylic acids is 2. The monoisotopic (exact) mass is 320 g/mol. The van der Waals surface area contributed by atoms with Crippen LogP contribution in [0.25, 0.3) is 0 Å². The van der Waals surface area contributed by atoms with Crippen LogP contribution in [0.15, 0.2) is 8.68 Å². The molecule has 6 nitrogen and oxygen atoms in total. The summed E-state index contributed by atoms with van der Waals surface area (Å²) in [6, 6.07) is 0. The van der Waals surface area contributed by atoms with E-state index in [4.69, 9.17) is 5.73 Å². The van der Waals surface area contributed by atoms with Crippen molar-refractivity contribution in [2.45, 2.75) is 28.4 Å². The number of rotatable bonds is 9. The Labute approximate surface area is 124 Å². The van der Waals surface area contributed by atoms with E-state index >= 15 is 0 Å². The van der Waals surface area contributed by atoms with Crippen molar-refractivity contribution < 1.29 is 9.59 Å². The Balaban J connectivity index is 2.25. The highest BCUT2D eigenvalue weighted by molar-refractivity contribution is 8.03. The summed E-state index contributed by atoms with van der Waals surface area (Å²) in [5.41, 5.74) is 4.93. The number of nitrogens with zero attached hydrogens (tertiary/aromatic N) is 2. The third kappa shape index (κ3) is 7.38. The third-order valence-electron chi connectivity index (χ3n) is 1.90. The molecular formula is C10H16N4O2S3. The van der Waals surface area contributed by atoms with Crippen LogP contribution in [0.2, 0.25) is 0 Å². The fourth-order valence-electron chi connectivity index (χ4n) is 0.982. The molecule has 1 heterocycles. The number of nitrogens with two attached hydrogens (primary N) is 1. The van der Waals surface area contributed by atoms with Crippen LogP contribution in [0.1, 0.15) is 19.8 Å². The first-order valence-corrected chi connectivity index (χ1v) is 8.54. The smallest absolute Gasteiger partial charge is 0.236 e. The summed E-state index contributed by atoms with van der Waals surface area (Å²) in [7, 11) is 0.